The monoisotopic (exact) mass is 289 g/mol. The number of rotatable bonds is 6. The molecular formula is C15H19N3OS. The van der Waals surface area contributed by atoms with Crippen LogP contribution in [0.15, 0.2) is 35.8 Å². The van der Waals surface area contributed by atoms with Crippen LogP contribution in [-0.2, 0) is 6.54 Å². The van der Waals surface area contributed by atoms with Crippen LogP contribution < -0.4 is 5.32 Å². The number of aromatic nitrogens is 1. The Morgan fingerprint density at radius 3 is 3.00 bits per heavy atom. The normalized spacial score (nSPS) is 10.3. The molecule has 2 rings (SSSR count). The first-order chi connectivity index (χ1) is 9.70. The zero-order valence-electron chi connectivity index (χ0n) is 11.8. The van der Waals surface area contributed by atoms with E-state index in [2.05, 4.69) is 17.2 Å². The number of carbonyl (C=O) groups excluding carboxylic acids is 1. The van der Waals surface area contributed by atoms with Crippen LogP contribution >= 0.6 is 11.3 Å². The Balaban J connectivity index is 2.04. The summed E-state index contributed by atoms with van der Waals surface area (Å²) in [7, 11) is 1.80. The number of carbonyl (C=O) groups is 1. The molecular weight excluding hydrogens is 270 g/mol. The molecule has 2 aromatic rings. The predicted octanol–water partition coefficient (Wildman–Crippen LogP) is 3.24. The maximum atomic E-state index is 12.3. The molecule has 106 valence electrons. The van der Waals surface area contributed by atoms with Crippen molar-refractivity contribution in [1.29, 1.82) is 0 Å². The van der Waals surface area contributed by atoms with Gasteiger partial charge in [-0.05, 0) is 30.0 Å². The highest BCUT2D eigenvalue weighted by atomic mass is 32.1. The largest absolute Gasteiger partial charge is 0.385 e. The van der Waals surface area contributed by atoms with Gasteiger partial charge in [0.15, 0.2) is 0 Å². The molecule has 0 saturated heterocycles. The lowest BCUT2D eigenvalue weighted by Crippen LogP contribution is -2.26. The Bertz CT molecular complexity index is 554. The lowest BCUT2D eigenvalue weighted by molar-refractivity contribution is 0.0780. The third kappa shape index (κ3) is 3.81. The molecule has 0 unspecified atom stereocenters. The van der Waals surface area contributed by atoms with Gasteiger partial charge >= 0.3 is 0 Å². The second-order valence-corrected chi connectivity index (χ2v) is 5.63. The second-order valence-electron chi connectivity index (χ2n) is 4.60. The van der Waals surface area contributed by atoms with Crippen molar-refractivity contribution in [3.63, 3.8) is 0 Å². The summed E-state index contributed by atoms with van der Waals surface area (Å²) in [6, 6.07) is 7.71. The van der Waals surface area contributed by atoms with E-state index in [0.29, 0.717) is 12.2 Å². The summed E-state index contributed by atoms with van der Waals surface area (Å²) in [5.41, 5.74) is 1.42. The van der Waals surface area contributed by atoms with Crippen LogP contribution in [0.2, 0.25) is 0 Å². The lowest BCUT2D eigenvalue weighted by atomic mass is 10.2. The Hall–Kier alpha value is -1.88. The van der Waals surface area contributed by atoms with Crippen molar-refractivity contribution in [1.82, 2.24) is 9.88 Å². The summed E-state index contributed by atoms with van der Waals surface area (Å²) >= 11 is 1.65. The molecule has 0 aliphatic rings. The van der Waals surface area contributed by atoms with Crippen LogP contribution in [0.3, 0.4) is 0 Å². The Kier molecular flexibility index (Phi) is 5.12. The zero-order chi connectivity index (χ0) is 14.4. The summed E-state index contributed by atoms with van der Waals surface area (Å²) in [6.45, 7) is 3.61. The molecule has 0 bridgehead atoms. The van der Waals surface area contributed by atoms with Crippen LogP contribution in [0.5, 0.6) is 0 Å². The molecule has 1 N–H and O–H groups in total. The SMILES string of the molecule is CCCNc1ccnc(C(=O)N(C)Cc2cccs2)c1. The predicted molar refractivity (Wildman–Crippen MR) is 83.1 cm³/mol. The molecule has 0 fully saturated rings. The first-order valence-corrected chi connectivity index (χ1v) is 7.56. The van der Waals surface area contributed by atoms with Gasteiger partial charge in [0.2, 0.25) is 0 Å². The van der Waals surface area contributed by atoms with E-state index in [1.165, 1.54) is 4.88 Å². The van der Waals surface area contributed by atoms with E-state index in [-0.39, 0.29) is 5.91 Å². The third-order valence-electron chi connectivity index (χ3n) is 2.88. The highest BCUT2D eigenvalue weighted by Crippen LogP contribution is 2.14. The minimum Gasteiger partial charge on any atom is -0.385 e. The maximum absolute atomic E-state index is 12.3. The van der Waals surface area contributed by atoms with Crippen LogP contribution in [0.1, 0.15) is 28.7 Å². The van der Waals surface area contributed by atoms with Gasteiger partial charge in [0, 0.05) is 30.4 Å². The van der Waals surface area contributed by atoms with Gasteiger partial charge in [-0.15, -0.1) is 11.3 Å². The Labute approximate surface area is 123 Å². The molecule has 0 aliphatic carbocycles. The highest BCUT2D eigenvalue weighted by Gasteiger charge is 2.14. The molecule has 4 nitrogen and oxygen atoms in total. The van der Waals surface area contributed by atoms with Gasteiger partial charge in [0.25, 0.3) is 5.91 Å². The van der Waals surface area contributed by atoms with E-state index in [1.807, 2.05) is 29.6 Å². The minimum atomic E-state index is -0.0569. The number of hydrogen-bond donors (Lipinski definition) is 1. The highest BCUT2D eigenvalue weighted by molar-refractivity contribution is 7.09. The van der Waals surface area contributed by atoms with E-state index >= 15 is 0 Å². The van der Waals surface area contributed by atoms with Crippen molar-refractivity contribution in [3.8, 4) is 0 Å². The first kappa shape index (κ1) is 14.5. The number of thiophene rings is 1. The molecule has 2 heterocycles. The number of anilines is 1. The number of nitrogens with zero attached hydrogens (tertiary/aromatic N) is 2. The van der Waals surface area contributed by atoms with Crippen molar-refractivity contribution in [2.24, 2.45) is 0 Å². The van der Waals surface area contributed by atoms with Gasteiger partial charge in [0.1, 0.15) is 5.69 Å². The molecule has 5 heteroatoms. The number of pyridine rings is 1. The Morgan fingerprint density at radius 1 is 1.45 bits per heavy atom. The van der Waals surface area contributed by atoms with Crippen molar-refractivity contribution in [2.45, 2.75) is 19.9 Å². The van der Waals surface area contributed by atoms with Crippen LogP contribution in [-0.4, -0.2) is 29.4 Å². The summed E-state index contributed by atoms with van der Waals surface area (Å²) in [4.78, 5) is 19.4. The molecule has 0 spiro atoms. The van der Waals surface area contributed by atoms with Crippen LogP contribution in [0.4, 0.5) is 5.69 Å². The average Bonchev–Trinajstić information content (AvgIpc) is 2.97. The standard InChI is InChI=1S/C15H19N3OS/c1-3-7-16-12-6-8-17-14(10-12)15(19)18(2)11-13-5-4-9-20-13/h4-6,8-10H,3,7,11H2,1-2H3,(H,16,17). The van der Waals surface area contributed by atoms with E-state index in [4.69, 9.17) is 0 Å². The molecule has 0 saturated carbocycles. The molecule has 2 aromatic heterocycles. The maximum Gasteiger partial charge on any atom is 0.272 e. The van der Waals surface area contributed by atoms with E-state index < -0.39 is 0 Å². The lowest BCUT2D eigenvalue weighted by Gasteiger charge is -2.16. The van der Waals surface area contributed by atoms with E-state index in [0.717, 1.165) is 18.7 Å². The topological polar surface area (TPSA) is 45.2 Å². The van der Waals surface area contributed by atoms with Gasteiger partial charge in [-0.2, -0.15) is 0 Å². The Morgan fingerprint density at radius 2 is 2.30 bits per heavy atom. The number of amides is 1. The third-order valence-corrected chi connectivity index (χ3v) is 3.74. The van der Waals surface area contributed by atoms with Gasteiger partial charge < -0.3 is 10.2 Å². The van der Waals surface area contributed by atoms with Gasteiger partial charge in [-0.25, -0.2) is 0 Å². The quantitative estimate of drug-likeness (QED) is 0.888. The smallest absolute Gasteiger partial charge is 0.272 e. The molecule has 0 aromatic carbocycles. The van der Waals surface area contributed by atoms with Crippen molar-refractivity contribution < 1.29 is 4.79 Å². The van der Waals surface area contributed by atoms with Crippen LogP contribution in [0.25, 0.3) is 0 Å². The molecule has 0 aliphatic heterocycles. The van der Waals surface area contributed by atoms with Crippen molar-refractivity contribution in [2.75, 3.05) is 18.9 Å². The number of hydrogen-bond acceptors (Lipinski definition) is 4. The summed E-state index contributed by atoms with van der Waals surface area (Å²) in [5, 5.41) is 5.28. The minimum absolute atomic E-state index is 0.0569. The molecule has 1 amide bonds. The van der Waals surface area contributed by atoms with E-state index in [9.17, 15) is 4.79 Å². The summed E-state index contributed by atoms with van der Waals surface area (Å²) < 4.78 is 0. The second kappa shape index (κ2) is 7.05. The first-order valence-electron chi connectivity index (χ1n) is 6.68. The van der Waals surface area contributed by atoms with Crippen molar-refractivity contribution in [3.05, 3.63) is 46.4 Å². The van der Waals surface area contributed by atoms with Gasteiger partial charge in [-0.1, -0.05) is 13.0 Å². The zero-order valence-corrected chi connectivity index (χ0v) is 12.6. The average molecular weight is 289 g/mol. The summed E-state index contributed by atoms with van der Waals surface area (Å²) in [6.07, 6.45) is 2.72. The van der Waals surface area contributed by atoms with Gasteiger partial charge in [-0.3, -0.25) is 9.78 Å². The number of nitrogens with one attached hydrogen (secondary N) is 1. The molecule has 0 radical (unpaired) electrons. The molecule has 0 atom stereocenters. The van der Waals surface area contributed by atoms with Crippen molar-refractivity contribution >= 4 is 22.9 Å². The van der Waals surface area contributed by atoms with E-state index in [1.54, 1.807) is 29.5 Å². The molecule has 20 heavy (non-hydrogen) atoms. The fraction of sp³-hybridized carbons (Fsp3) is 0.333. The fourth-order valence-corrected chi connectivity index (χ4v) is 2.59. The fourth-order valence-electron chi connectivity index (χ4n) is 1.83. The summed E-state index contributed by atoms with van der Waals surface area (Å²) in [5.74, 6) is -0.0569. The van der Waals surface area contributed by atoms with Crippen LogP contribution in [0, 0.1) is 0 Å². The van der Waals surface area contributed by atoms with Gasteiger partial charge in [0.05, 0.1) is 6.54 Å².